The highest BCUT2D eigenvalue weighted by molar-refractivity contribution is 7.99. The van der Waals surface area contributed by atoms with Crippen molar-refractivity contribution in [3.8, 4) is 0 Å². The zero-order valence-electron chi connectivity index (χ0n) is 10.1. The van der Waals surface area contributed by atoms with Crippen LogP contribution in [0.4, 0.5) is 5.69 Å². The van der Waals surface area contributed by atoms with Crippen LogP contribution in [0, 0.1) is 0 Å². The van der Waals surface area contributed by atoms with E-state index in [1.165, 1.54) is 29.5 Å². The van der Waals surface area contributed by atoms with Crippen LogP contribution in [0.15, 0.2) is 35.4 Å². The van der Waals surface area contributed by atoms with Crippen molar-refractivity contribution in [3.63, 3.8) is 0 Å². The molecule has 0 saturated carbocycles. The average Bonchev–Trinajstić information content (AvgIpc) is 2.37. The van der Waals surface area contributed by atoms with Crippen molar-refractivity contribution < 1.29 is 0 Å². The van der Waals surface area contributed by atoms with E-state index in [-0.39, 0.29) is 0 Å². The Hall–Kier alpha value is -1.22. The van der Waals surface area contributed by atoms with Crippen LogP contribution in [-0.2, 0) is 0 Å². The molecule has 0 atom stereocenters. The Labute approximate surface area is 107 Å². The molecule has 1 aromatic heterocycles. The highest BCUT2D eigenvalue weighted by Crippen LogP contribution is 2.32. The summed E-state index contributed by atoms with van der Waals surface area (Å²) in [6.45, 7) is 2.22. The lowest BCUT2D eigenvalue weighted by Gasteiger charge is -2.08. The van der Waals surface area contributed by atoms with Gasteiger partial charge in [0.15, 0.2) is 0 Å². The van der Waals surface area contributed by atoms with Gasteiger partial charge in [-0.25, -0.2) is 0 Å². The minimum absolute atomic E-state index is 0.796. The second-order valence-electron chi connectivity index (χ2n) is 4.12. The minimum Gasteiger partial charge on any atom is -0.397 e. The largest absolute Gasteiger partial charge is 0.397 e. The summed E-state index contributed by atoms with van der Waals surface area (Å²) in [5.74, 6) is 1.13. The molecule has 3 heteroatoms. The van der Waals surface area contributed by atoms with Crippen LogP contribution in [0.2, 0.25) is 0 Å². The molecule has 0 aliphatic heterocycles. The maximum absolute atomic E-state index is 6.02. The third-order valence-corrected chi connectivity index (χ3v) is 3.98. The standard InChI is InChI=1S/C14H18N2S/c1-2-3-6-9-17-14-11-7-4-5-8-13(11)16-10-12(14)15/h4-5,7-8,10H,2-3,6,9,15H2,1H3. The summed E-state index contributed by atoms with van der Waals surface area (Å²) in [5, 5.41) is 1.17. The molecule has 2 rings (SSSR count). The summed E-state index contributed by atoms with van der Waals surface area (Å²) >= 11 is 1.85. The first kappa shape index (κ1) is 12.2. The molecule has 0 unspecified atom stereocenters. The zero-order chi connectivity index (χ0) is 12.1. The van der Waals surface area contributed by atoms with E-state index in [0.717, 1.165) is 17.0 Å². The van der Waals surface area contributed by atoms with Gasteiger partial charge in [0.25, 0.3) is 0 Å². The van der Waals surface area contributed by atoms with Crippen molar-refractivity contribution >= 4 is 28.4 Å². The van der Waals surface area contributed by atoms with E-state index in [9.17, 15) is 0 Å². The number of nitrogens with zero attached hydrogens (tertiary/aromatic N) is 1. The molecule has 0 bridgehead atoms. The van der Waals surface area contributed by atoms with Gasteiger partial charge in [0, 0.05) is 10.3 Å². The number of hydrogen-bond donors (Lipinski definition) is 1. The summed E-state index contributed by atoms with van der Waals surface area (Å²) in [7, 11) is 0. The molecular formula is C14H18N2S. The molecule has 0 aliphatic rings. The fraction of sp³-hybridized carbons (Fsp3) is 0.357. The first-order valence-corrected chi connectivity index (χ1v) is 7.07. The Morgan fingerprint density at radius 1 is 1.24 bits per heavy atom. The third-order valence-electron chi connectivity index (χ3n) is 2.75. The summed E-state index contributed by atoms with van der Waals surface area (Å²) < 4.78 is 0. The number of anilines is 1. The number of benzene rings is 1. The molecule has 0 radical (unpaired) electrons. The molecule has 90 valence electrons. The van der Waals surface area contributed by atoms with E-state index in [4.69, 9.17) is 5.73 Å². The number of pyridine rings is 1. The van der Waals surface area contributed by atoms with Crippen LogP contribution in [0.5, 0.6) is 0 Å². The fourth-order valence-corrected chi connectivity index (χ4v) is 2.92. The third kappa shape index (κ3) is 2.91. The second kappa shape index (κ2) is 5.92. The maximum atomic E-state index is 6.02. The lowest BCUT2D eigenvalue weighted by Crippen LogP contribution is -1.93. The summed E-state index contributed by atoms with van der Waals surface area (Å²) in [6, 6.07) is 8.18. The van der Waals surface area contributed by atoms with Crippen LogP contribution in [0.25, 0.3) is 10.9 Å². The first-order chi connectivity index (χ1) is 8.33. The topological polar surface area (TPSA) is 38.9 Å². The van der Waals surface area contributed by atoms with Gasteiger partial charge in [-0.05, 0) is 18.2 Å². The van der Waals surface area contributed by atoms with E-state index < -0.39 is 0 Å². The molecule has 1 heterocycles. The van der Waals surface area contributed by atoms with Crippen molar-refractivity contribution in [2.75, 3.05) is 11.5 Å². The highest BCUT2D eigenvalue weighted by Gasteiger charge is 2.06. The normalized spacial score (nSPS) is 10.9. The van der Waals surface area contributed by atoms with Gasteiger partial charge in [-0.2, -0.15) is 0 Å². The predicted molar refractivity (Wildman–Crippen MR) is 76.4 cm³/mol. The lowest BCUT2D eigenvalue weighted by atomic mass is 10.2. The van der Waals surface area contributed by atoms with E-state index in [0.29, 0.717) is 0 Å². The van der Waals surface area contributed by atoms with Crippen LogP contribution >= 0.6 is 11.8 Å². The number of hydrogen-bond acceptors (Lipinski definition) is 3. The first-order valence-electron chi connectivity index (χ1n) is 6.09. The molecule has 0 amide bonds. The number of unbranched alkanes of at least 4 members (excludes halogenated alkanes) is 2. The zero-order valence-corrected chi connectivity index (χ0v) is 11.0. The Bertz CT molecular complexity index is 497. The number of nitrogens with two attached hydrogens (primary N) is 1. The maximum Gasteiger partial charge on any atom is 0.0714 e. The molecule has 17 heavy (non-hydrogen) atoms. The van der Waals surface area contributed by atoms with E-state index >= 15 is 0 Å². The van der Waals surface area contributed by atoms with Gasteiger partial charge in [0.05, 0.1) is 17.4 Å². The van der Waals surface area contributed by atoms with Gasteiger partial charge >= 0.3 is 0 Å². The molecule has 0 aliphatic carbocycles. The van der Waals surface area contributed by atoms with Crippen molar-refractivity contribution in [1.82, 2.24) is 4.98 Å². The number of para-hydroxylation sites is 1. The Morgan fingerprint density at radius 2 is 2.06 bits per heavy atom. The molecule has 1 aromatic carbocycles. The van der Waals surface area contributed by atoms with Crippen molar-refractivity contribution in [1.29, 1.82) is 0 Å². The fourth-order valence-electron chi connectivity index (χ4n) is 1.82. The number of aromatic nitrogens is 1. The van der Waals surface area contributed by atoms with Crippen molar-refractivity contribution in [2.24, 2.45) is 0 Å². The van der Waals surface area contributed by atoms with E-state index in [1.807, 2.05) is 30.0 Å². The van der Waals surface area contributed by atoms with Crippen LogP contribution in [0.3, 0.4) is 0 Å². The Morgan fingerprint density at radius 3 is 2.88 bits per heavy atom. The van der Waals surface area contributed by atoms with Crippen molar-refractivity contribution in [3.05, 3.63) is 30.5 Å². The highest BCUT2D eigenvalue weighted by atomic mass is 32.2. The molecular weight excluding hydrogens is 228 g/mol. The lowest BCUT2D eigenvalue weighted by molar-refractivity contribution is 0.779. The van der Waals surface area contributed by atoms with Crippen molar-refractivity contribution in [2.45, 2.75) is 31.1 Å². The van der Waals surface area contributed by atoms with Gasteiger partial charge < -0.3 is 5.73 Å². The Kier molecular flexibility index (Phi) is 4.26. The van der Waals surface area contributed by atoms with Gasteiger partial charge in [-0.15, -0.1) is 11.8 Å². The predicted octanol–water partition coefficient (Wildman–Crippen LogP) is 4.10. The molecule has 2 aromatic rings. The number of rotatable bonds is 5. The molecule has 2 N–H and O–H groups in total. The van der Waals surface area contributed by atoms with Crippen LogP contribution in [0.1, 0.15) is 26.2 Å². The molecule has 0 fully saturated rings. The molecule has 0 spiro atoms. The number of fused-ring (bicyclic) bond motifs is 1. The monoisotopic (exact) mass is 246 g/mol. The number of nitrogen functional groups attached to an aromatic ring is 1. The number of thioether (sulfide) groups is 1. The molecule has 0 saturated heterocycles. The second-order valence-corrected chi connectivity index (χ2v) is 5.22. The van der Waals surface area contributed by atoms with Gasteiger partial charge in [-0.3, -0.25) is 4.98 Å². The van der Waals surface area contributed by atoms with Crippen LogP contribution < -0.4 is 5.73 Å². The van der Waals surface area contributed by atoms with Crippen LogP contribution in [-0.4, -0.2) is 10.7 Å². The Balaban J connectivity index is 2.22. The smallest absolute Gasteiger partial charge is 0.0714 e. The van der Waals surface area contributed by atoms with E-state index in [2.05, 4.69) is 18.0 Å². The summed E-state index contributed by atoms with van der Waals surface area (Å²) in [4.78, 5) is 5.53. The SMILES string of the molecule is CCCCCSc1c(N)cnc2ccccc12. The van der Waals surface area contributed by atoms with Gasteiger partial charge in [0.1, 0.15) is 0 Å². The van der Waals surface area contributed by atoms with Gasteiger partial charge in [-0.1, -0.05) is 38.0 Å². The quantitative estimate of drug-likeness (QED) is 0.637. The molecule has 2 nitrogen and oxygen atoms in total. The summed E-state index contributed by atoms with van der Waals surface area (Å²) in [6.07, 6.45) is 5.56. The van der Waals surface area contributed by atoms with E-state index in [1.54, 1.807) is 6.20 Å². The summed E-state index contributed by atoms with van der Waals surface area (Å²) in [5.41, 5.74) is 7.84. The minimum atomic E-state index is 0.796. The van der Waals surface area contributed by atoms with Gasteiger partial charge in [0.2, 0.25) is 0 Å². The average molecular weight is 246 g/mol.